The van der Waals surface area contributed by atoms with Crippen molar-refractivity contribution in [1.29, 1.82) is 0 Å². The number of hydrogen-bond donors (Lipinski definition) is 1. The summed E-state index contributed by atoms with van der Waals surface area (Å²) >= 11 is 5.97. The molecule has 0 fully saturated rings. The average molecular weight is 298 g/mol. The Kier molecular flexibility index (Phi) is 7.57. The van der Waals surface area contributed by atoms with Crippen LogP contribution in [0.15, 0.2) is 24.3 Å². The topological polar surface area (TPSA) is 21.3 Å². The van der Waals surface area contributed by atoms with Crippen LogP contribution in [-0.4, -0.2) is 20.3 Å². The highest BCUT2D eigenvalue weighted by Crippen LogP contribution is 2.24. The van der Waals surface area contributed by atoms with E-state index in [1.807, 2.05) is 12.1 Å². The van der Waals surface area contributed by atoms with Crippen molar-refractivity contribution in [2.24, 2.45) is 5.41 Å². The molecule has 2 nitrogen and oxygen atoms in total. The number of ether oxygens (including phenoxy) is 1. The van der Waals surface area contributed by atoms with E-state index in [0.717, 1.165) is 31.0 Å². The SMILES string of the molecule is CCCC(NCC(C)(C)CCOC)c1ccc(Cl)cc1. The molecule has 0 bridgehead atoms. The van der Waals surface area contributed by atoms with Gasteiger partial charge in [0.1, 0.15) is 0 Å². The Morgan fingerprint density at radius 1 is 1.25 bits per heavy atom. The molecule has 0 heterocycles. The molecule has 0 amide bonds. The van der Waals surface area contributed by atoms with Gasteiger partial charge in [-0.05, 0) is 36.0 Å². The summed E-state index contributed by atoms with van der Waals surface area (Å²) in [6.45, 7) is 8.59. The molecule has 0 aliphatic heterocycles. The fourth-order valence-corrected chi connectivity index (χ4v) is 2.36. The van der Waals surface area contributed by atoms with Crippen LogP contribution in [0.25, 0.3) is 0 Å². The van der Waals surface area contributed by atoms with Gasteiger partial charge in [0, 0.05) is 31.3 Å². The van der Waals surface area contributed by atoms with Crippen molar-refractivity contribution in [2.75, 3.05) is 20.3 Å². The summed E-state index contributed by atoms with van der Waals surface area (Å²) in [7, 11) is 1.76. The number of benzene rings is 1. The normalized spacial score (nSPS) is 13.4. The molecule has 0 aromatic heterocycles. The van der Waals surface area contributed by atoms with E-state index in [1.165, 1.54) is 12.0 Å². The summed E-state index contributed by atoms with van der Waals surface area (Å²) in [6.07, 6.45) is 3.37. The first-order chi connectivity index (χ1) is 9.48. The molecule has 1 unspecified atom stereocenters. The van der Waals surface area contributed by atoms with Crippen LogP contribution < -0.4 is 5.32 Å². The monoisotopic (exact) mass is 297 g/mol. The van der Waals surface area contributed by atoms with Crippen molar-refractivity contribution in [3.05, 3.63) is 34.9 Å². The lowest BCUT2D eigenvalue weighted by atomic mass is 9.89. The lowest BCUT2D eigenvalue weighted by Gasteiger charge is -2.28. The van der Waals surface area contributed by atoms with Crippen LogP contribution >= 0.6 is 11.6 Å². The third kappa shape index (κ3) is 6.25. The van der Waals surface area contributed by atoms with Crippen LogP contribution in [0.1, 0.15) is 51.6 Å². The molecular weight excluding hydrogens is 270 g/mol. The van der Waals surface area contributed by atoms with Gasteiger partial charge in [0.25, 0.3) is 0 Å². The molecule has 3 heteroatoms. The van der Waals surface area contributed by atoms with Gasteiger partial charge in [-0.1, -0.05) is 50.9 Å². The highest BCUT2D eigenvalue weighted by Gasteiger charge is 2.20. The van der Waals surface area contributed by atoms with E-state index in [9.17, 15) is 0 Å². The molecule has 0 saturated carbocycles. The van der Waals surface area contributed by atoms with Crippen LogP contribution in [-0.2, 0) is 4.74 Å². The first-order valence-corrected chi connectivity index (χ1v) is 7.84. The van der Waals surface area contributed by atoms with E-state index in [4.69, 9.17) is 16.3 Å². The van der Waals surface area contributed by atoms with Gasteiger partial charge in [0.05, 0.1) is 0 Å². The standard InChI is InChI=1S/C17H28ClNO/c1-5-6-16(14-7-9-15(18)10-8-14)19-13-17(2,3)11-12-20-4/h7-10,16,19H,5-6,11-13H2,1-4H3. The second-order valence-electron chi connectivity index (χ2n) is 6.18. The molecule has 0 aliphatic rings. The second-order valence-corrected chi connectivity index (χ2v) is 6.62. The number of hydrogen-bond acceptors (Lipinski definition) is 2. The third-order valence-electron chi connectivity index (χ3n) is 3.66. The van der Waals surface area contributed by atoms with E-state index < -0.39 is 0 Å². The van der Waals surface area contributed by atoms with Crippen molar-refractivity contribution in [3.8, 4) is 0 Å². The van der Waals surface area contributed by atoms with Crippen LogP contribution in [0.4, 0.5) is 0 Å². The Labute approximate surface area is 128 Å². The van der Waals surface area contributed by atoms with Crippen LogP contribution in [0.2, 0.25) is 5.02 Å². The number of nitrogens with one attached hydrogen (secondary N) is 1. The minimum absolute atomic E-state index is 0.244. The molecule has 1 aromatic rings. The fraction of sp³-hybridized carbons (Fsp3) is 0.647. The first-order valence-electron chi connectivity index (χ1n) is 7.46. The zero-order valence-corrected chi connectivity index (χ0v) is 14.0. The summed E-state index contributed by atoms with van der Waals surface area (Å²) in [5.41, 5.74) is 1.56. The molecule has 1 atom stereocenters. The molecule has 0 aliphatic carbocycles. The first kappa shape index (κ1) is 17.5. The van der Waals surface area contributed by atoms with Gasteiger partial charge in [-0.15, -0.1) is 0 Å². The molecule has 114 valence electrons. The summed E-state index contributed by atoms with van der Waals surface area (Å²) in [6, 6.07) is 8.59. The summed E-state index contributed by atoms with van der Waals surface area (Å²) in [4.78, 5) is 0. The number of methoxy groups -OCH3 is 1. The van der Waals surface area contributed by atoms with E-state index in [2.05, 4.69) is 38.2 Å². The third-order valence-corrected chi connectivity index (χ3v) is 3.91. The van der Waals surface area contributed by atoms with Gasteiger partial charge >= 0.3 is 0 Å². The van der Waals surface area contributed by atoms with Crippen molar-refractivity contribution in [3.63, 3.8) is 0 Å². The zero-order chi connectivity index (χ0) is 15.0. The molecule has 1 rings (SSSR count). The fourth-order valence-electron chi connectivity index (χ4n) is 2.24. The van der Waals surface area contributed by atoms with Crippen LogP contribution in [0, 0.1) is 5.41 Å². The van der Waals surface area contributed by atoms with Gasteiger partial charge in [0.2, 0.25) is 0 Å². The van der Waals surface area contributed by atoms with Crippen molar-refractivity contribution in [1.82, 2.24) is 5.32 Å². The zero-order valence-electron chi connectivity index (χ0n) is 13.2. The van der Waals surface area contributed by atoms with Crippen molar-refractivity contribution >= 4 is 11.6 Å². The molecule has 0 spiro atoms. The van der Waals surface area contributed by atoms with Crippen LogP contribution in [0.5, 0.6) is 0 Å². The summed E-state index contributed by atoms with van der Waals surface area (Å²) in [5.74, 6) is 0. The Morgan fingerprint density at radius 2 is 1.90 bits per heavy atom. The van der Waals surface area contributed by atoms with Gasteiger partial charge in [0.15, 0.2) is 0 Å². The van der Waals surface area contributed by atoms with Gasteiger partial charge in [-0.25, -0.2) is 0 Å². The smallest absolute Gasteiger partial charge is 0.0467 e. The second kappa shape index (κ2) is 8.66. The molecule has 1 aromatic carbocycles. The number of rotatable bonds is 9. The van der Waals surface area contributed by atoms with Gasteiger partial charge in [-0.3, -0.25) is 0 Å². The predicted octanol–water partition coefficient (Wildman–Crippen LogP) is 4.83. The van der Waals surface area contributed by atoms with Crippen molar-refractivity contribution in [2.45, 2.75) is 46.1 Å². The Bertz CT molecular complexity index is 375. The average Bonchev–Trinajstić information content (AvgIpc) is 2.42. The largest absolute Gasteiger partial charge is 0.385 e. The lowest BCUT2D eigenvalue weighted by molar-refractivity contribution is 0.148. The van der Waals surface area contributed by atoms with E-state index in [1.54, 1.807) is 7.11 Å². The lowest BCUT2D eigenvalue weighted by Crippen LogP contribution is -2.33. The number of halogens is 1. The minimum atomic E-state index is 0.244. The van der Waals surface area contributed by atoms with Crippen LogP contribution in [0.3, 0.4) is 0 Å². The van der Waals surface area contributed by atoms with Gasteiger partial charge in [-0.2, -0.15) is 0 Å². The molecule has 20 heavy (non-hydrogen) atoms. The maximum Gasteiger partial charge on any atom is 0.0467 e. The maximum atomic E-state index is 5.97. The Hall–Kier alpha value is -0.570. The summed E-state index contributed by atoms with van der Waals surface area (Å²) in [5, 5.41) is 4.50. The minimum Gasteiger partial charge on any atom is -0.385 e. The van der Waals surface area contributed by atoms with E-state index >= 15 is 0 Å². The van der Waals surface area contributed by atoms with Gasteiger partial charge < -0.3 is 10.1 Å². The predicted molar refractivity (Wildman–Crippen MR) is 87.4 cm³/mol. The maximum absolute atomic E-state index is 5.97. The quantitative estimate of drug-likeness (QED) is 0.704. The Balaban J connectivity index is 2.61. The van der Waals surface area contributed by atoms with E-state index in [-0.39, 0.29) is 5.41 Å². The highest BCUT2D eigenvalue weighted by atomic mass is 35.5. The molecular formula is C17H28ClNO. The molecule has 0 radical (unpaired) electrons. The van der Waals surface area contributed by atoms with Crippen molar-refractivity contribution < 1.29 is 4.74 Å². The molecule has 1 N–H and O–H groups in total. The highest BCUT2D eigenvalue weighted by molar-refractivity contribution is 6.30. The Morgan fingerprint density at radius 3 is 2.45 bits per heavy atom. The summed E-state index contributed by atoms with van der Waals surface area (Å²) < 4.78 is 5.19. The van der Waals surface area contributed by atoms with E-state index in [0.29, 0.717) is 6.04 Å². The molecule has 0 saturated heterocycles.